The van der Waals surface area contributed by atoms with Gasteiger partial charge in [0, 0.05) is 11.1 Å². The zero-order valence-corrected chi connectivity index (χ0v) is 22.0. The Morgan fingerprint density at radius 1 is 1.08 bits per heavy atom. The molecule has 4 rings (SSSR count). The molecule has 4 aromatic rings. The van der Waals surface area contributed by atoms with Crippen LogP contribution in [0.5, 0.6) is 17.2 Å². The lowest BCUT2D eigenvalue weighted by atomic mass is 9.96. The molecule has 0 spiro atoms. The van der Waals surface area contributed by atoms with Gasteiger partial charge in [0.25, 0.3) is 11.5 Å². The molecule has 1 aromatic heterocycles. The molecule has 9 nitrogen and oxygen atoms in total. The second-order valence-corrected chi connectivity index (χ2v) is 9.01. The number of aromatic nitrogens is 2. The van der Waals surface area contributed by atoms with Crippen LogP contribution in [-0.2, 0) is 4.79 Å². The highest BCUT2D eigenvalue weighted by molar-refractivity contribution is 5.86. The number of methoxy groups -OCH3 is 2. The fourth-order valence-electron chi connectivity index (χ4n) is 4.19. The normalized spacial score (nSPS) is 11.3. The van der Waals surface area contributed by atoms with E-state index in [-0.39, 0.29) is 23.8 Å². The average Bonchev–Trinajstić information content (AvgIpc) is 2.91. The molecule has 196 valence electrons. The summed E-state index contributed by atoms with van der Waals surface area (Å²) in [5.41, 5.74) is 8.62. The fourth-order valence-corrected chi connectivity index (χ4v) is 4.19. The fraction of sp³-hybridized carbons (Fsp3) is 0.241. The van der Waals surface area contributed by atoms with Gasteiger partial charge in [-0.15, -0.1) is 0 Å². The molecule has 0 aliphatic heterocycles. The molecule has 0 bridgehead atoms. The van der Waals surface area contributed by atoms with E-state index in [9.17, 15) is 9.59 Å². The summed E-state index contributed by atoms with van der Waals surface area (Å²) < 4.78 is 17.9. The van der Waals surface area contributed by atoms with Gasteiger partial charge in [-0.1, -0.05) is 32.0 Å². The number of ether oxygens (including phenoxy) is 3. The van der Waals surface area contributed by atoms with Gasteiger partial charge in [0.1, 0.15) is 5.75 Å². The minimum absolute atomic E-state index is 0.176. The number of para-hydroxylation sites is 2. The van der Waals surface area contributed by atoms with E-state index in [0.717, 1.165) is 22.4 Å². The first-order valence-electron chi connectivity index (χ1n) is 12.1. The molecule has 1 amide bonds. The van der Waals surface area contributed by atoms with Crippen molar-refractivity contribution in [2.24, 2.45) is 10.8 Å². The van der Waals surface area contributed by atoms with E-state index in [4.69, 9.17) is 24.9 Å². The number of nitrogens with two attached hydrogens (primary N) is 1. The molecule has 0 atom stereocenters. The predicted octanol–water partition coefficient (Wildman–Crippen LogP) is 4.26. The Balaban J connectivity index is 1.96. The van der Waals surface area contributed by atoms with Crippen LogP contribution in [0.4, 0.5) is 0 Å². The Kier molecular flexibility index (Phi) is 7.76. The Hall–Kier alpha value is -4.66. The maximum absolute atomic E-state index is 13.7. The zero-order valence-electron chi connectivity index (χ0n) is 22.0. The Morgan fingerprint density at radius 2 is 1.82 bits per heavy atom. The molecule has 0 fully saturated rings. The van der Waals surface area contributed by atoms with E-state index in [0.29, 0.717) is 28.0 Å². The minimum atomic E-state index is -0.632. The molecule has 0 radical (unpaired) electrons. The van der Waals surface area contributed by atoms with Crippen molar-refractivity contribution in [3.8, 4) is 28.6 Å². The molecule has 0 aliphatic rings. The number of benzene rings is 3. The van der Waals surface area contributed by atoms with E-state index in [1.54, 1.807) is 43.5 Å². The molecule has 1 heterocycles. The lowest BCUT2D eigenvalue weighted by Gasteiger charge is -2.17. The summed E-state index contributed by atoms with van der Waals surface area (Å²) >= 11 is 0. The first-order chi connectivity index (χ1) is 18.2. The highest BCUT2D eigenvalue weighted by Crippen LogP contribution is 2.34. The number of hydrogen-bond acceptors (Lipinski definition) is 7. The van der Waals surface area contributed by atoms with Crippen LogP contribution >= 0.6 is 0 Å². The summed E-state index contributed by atoms with van der Waals surface area (Å²) in [5.74, 6) is 1.37. The number of nitrogens with zero attached hydrogens (tertiary/aromatic N) is 3. The van der Waals surface area contributed by atoms with Crippen molar-refractivity contribution in [3.05, 3.63) is 81.6 Å². The van der Waals surface area contributed by atoms with Crippen LogP contribution in [0.2, 0.25) is 0 Å². The van der Waals surface area contributed by atoms with Gasteiger partial charge in [-0.25, -0.2) is 4.98 Å². The first kappa shape index (κ1) is 26.4. The average molecular weight is 515 g/mol. The Labute approximate surface area is 220 Å². The largest absolute Gasteiger partial charge is 0.496 e. The molecule has 0 saturated heterocycles. The number of carbonyl (C=O) groups is 1. The standard InChI is InChI=1S/C29H30N4O5/c1-17(2)21-14-22(18(3)13-25(21)37-5)28-32-23-11-7-6-10-20(23)29(35)33(28)31-15-19-9-8-12-24(36-4)27(19)38-16-26(30)34/h6-15,17H,16H2,1-5H3,(H2,30,34). The number of rotatable bonds is 9. The third kappa shape index (κ3) is 5.22. The molecule has 9 heteroatoms. The molecule has 38 heavy (non-hydrogen) atoms. The molecule has 0 saturated carbocycles. The van der Waals surface area contributed by atoms with Crippen molar-refractivity contribution in [1.82, 2.24) is 9.66 Å². The predicted molar refractivity (Wildman–Crippen MR) is 147 cm³/mol. The van der Waals surface area contributed by atoms with E-state index in [1.165, 1.54) is 18.0 Å². The van der Waals surface area contributed by atoms with Crippen molar-refractivity contribution in [2.45, 2.75) is 26.7 Å². The van der Waals surface area contributed by atoms with Gasteiger partial charge >= 0.3 is 0 Å². The van der Waals surface area contributed by atoms with E-state index >= 15 is 0 Å². The van der Waals surface area contributed by atoms with Gasteiger partial charge in [-0.2, -0.15) is 9.78 Å². The van der Waals surface area contributed by atoms with Crippen molar-refractivity contribution in [3.63, 3.8) is 0 Å². The molecule has 0 aliphatic carbocycles. The second kappa shape index (κ2) is 11.2. The Bertz CT molecular complexity index is 1590. The zero-order chi connectivity index (χ0) is 27.4. The van der Waals surface area contributed by atoms with Crippen LogP contribution in [-0.4, -0.2) is 42.6 Å². The molecule has 2 N–H and O–H groups in total. The van der Waals surface area contributed by atoms with Crippen molar-refractivity contribution in [1.29, 1.82) is 0 Å². The molecule has 3 aromatic carbocycles. The van der Waals surface area contributed by atoms with Crippen LogP contribution in [0.1, 0.15) is 36.5 Å². The van der Waals surface area contributed by atoms with E-state index in [1.807, 2.05) is 25.1 Å². The summed E-state index contributed by atoms with van der Waals surface area (Å²) in [4.78, 5) is 29.9. The number of fused-ring (bicyclic) bond motifs is 1. The van der Waals surface area contributed by atoms with Gasteiger partial charge in [-0.05, 0) is 60.4 Å². The highest BCUT2D eigenvalue weighted by atomic mass is 16.5. The van der Waals surface area contributed by atoms with Crippen LogP contribution in [0.3, 0.4) is 0 Å². The van der Waals surface area contributed by atoms with Gasteiger partial charge in [0.15, 0.2) is 23.9 Å². The summed E-state index contributed by atoms with van der Waals surface area (Å²) in [7, 11) is 3.13. The number of hydrogen-bond donors (Lipinski definition) is 1. The number of primary amides is 1. The summed E-state index contributed by atoms with van der Waals surface area (Å²) in [6, 6.07) is 16.3. The quantitative estimate of drug-likeness (QED) is 0.334. The second-order valence-electron chi connectivity index (χ2n) is 9.01. The number of carbonyl (C=O) groups excluding carboxylic acids is 1. The lowest BCUT2D eigenvalue weighted by molar-refractivity contribution is -0.119. The monoisotopic (exact) mass is 514 g/mol. The van der Waals surface area contributed by atoms with Crippen LogP contribution < -0.4 is 25.5 Å². The summed E-state index contributed by atoms with van der Waals surface area (Å²) in [6.07, 6.45) is 1.47. The third-order valence-electron chi connectivity index (χ3n) is 6.09. The molecule has 0 unspecified atom stereocenters. The summed E-state index contributed by atoms with van der Waals surface area (Å²) in [5, 5.41) is 4.99. The van der Waals surface area contributed by atoms with Crippen molar-refractivity contribution >= 4 is 23.0 Å². The highest BCUT2D eigenvalue weighted by Gasteiger charge is 2.19. The Morgan fingerprint density at radius 3 is 2.50 bits per heavy atom. The first-order valence-corrected chi connectivity index (χ1v) is 12.1. The third-order valence-corrected chi connectivity index (χ3v) is 6.09. The smallest absolute Gasteiger partial charge is 0.282 e. The number of amides is 1. The summed E-state index contributed by atoms with van der Waals surface area (Å²) in [6.45, 7) is 5.75. The van der Waals surface area contributed by atoms with Crippen LogP contribution in [0.25, 0.3) is 22.3 Å². The molecular weight excluding hydrogens is 484 g/mol. The minimum Gasteiger partial charge on any atom is -0.496 e. The van der Waals surface area contributed by atoms with Crippen LogP contribution in [0.15, 0.2) is 64.5 Å². The van der Waals surface area contributed by atoms with Crippen LogP contribution in [0, 0.1) is 6.92 Å². The van der Waals surface area contributed by atoms with Crippen molar-refractivity contribution in [2.75, 3.05) is 20.8 Å². The van der Waals surface area contributed by atoms with Gasteiger partial charge < -0.3 is 19.9 Å². The van der Waals surface area contributed by atoms with Gasteiger partial charge in [-0.3, -0.25) is 9.59 Å². The lowest BCUT2D eigenvalue weighted by Crippen LogP contribution is -2.21. The van der Waals surface area contributed by atoms with E-state index in [2.05, 4.69) is 18.9 Å². The molecular formula is C29H30N4O5. The maximum atomic E-state index is 13.7. The van der Waals surface area contributed by atoms with Crippen molar-refractivity contribution < 1.29 is 19.0 Å². The SMILES string of the molecule is COc1cc(C)c(-c2nc3ccccc3c(=O)n2N=Cc2cccc(OC)c2OCC(N)=O)cc1C(C)C. The van der Waals surface area contributed by atoms with Gasteiger partial charge in [0.2, 0.25) is 0 Å². The number of aryl methyl sites for hydroxylation is 1. The maximum Gasteiger partial charge on any atom is 0.282 e. The topological polar surface area (TPSA) is 118 Å². The van der Waals surface area contributed by atoms with Gasteiger partial charge in [0.05, 0.1) is 31.3 Å². The van der Waals surface area contributed by atoms with E-state index < -0.39 is 5.91 Å².